The van der Waals surface area contributed by atoms with E-state index >= 15 is 0 Å². The molecule has 0 spiro atoms. The predicted molar refractivity (Wildman–Crippen MR) is 111 cm³/mol. The van der Waals surface area contributed by atoms with Crippen molar-refractivity contribution < 1.29 is 27.5 Å². The van der Waals surface area contributed by atoms with E-state index in [2.05, 4.69) is 10.6 Å². The molecule has 0 heterocycles. The van der Waals surface area contributed by atoms with E-state index in [-0.39, 0.29) is 39.6 Å². The molecule has 5 nitrogen and oxygen atoms in total. The van der Waals surface area contributed by atoms with Crippen LogP contribution in [0.4, 0.5) is 13.2 Å². The van der Waals surface area contributed by atoms with Crippen LogP contribution in [-0.4, -0.2) is 37.3 Å². The predicted octanol–water partition coefficient (Wildman–Crippen LogP) is 4.64. The molecule has 2 amide bonds. The number of methoxy groups -OCH3 is 1. The second kappa shape index (κ2) is 9.49. The number of carbonyl (C=O) groups is 2. The fourth-order valence-electron chi connectivity index (χ4n) is 3.58. The molecule has 1 saturated carbocycles. The molecule has 0 aromatic heterocycles. The fraction of sp³-hybridized carbons (Fsp3) is 0.619. The average molecular weight is 447 g/mol. The van der Waals surface area contributed by atoms with Crippen molar-refractivity contribution in [3.05, 3.63) is 23.3 Å². The summed E-state index contributed by atoms with van der Waals surface area (Å²) >= 11 is 1.05. The van der Waals surface area contributed by atoms with E-state index in [4.69, 9.17) is 4.74 Å². The molecular formula is C21H29F3N2O3S. The van der Waals surface area contributed by atoms with Gasteiger partial charge in [-0.05, 0) is 43.1 Å². The molecule has 1 aliphatic rings. The SMILES string of the molecule is COc1cc(C(F)(F)F)cc(SC)c1C(=O)N[C@@H]1CCC[C@@H]1NC(=O)CC(C)(C)C. The van der Waals surface area contributed by atoms with E-state index in [0.29, 0.717) is 12.8 Å². The van der Waals surface area contributed by atoms with E-state index < -0.39 is 17.6 Å². The Morgan fingerprint density at radius 3 is 2.23 bits per heavy atom. The third kappa shape index (κ3) is 6.30. The van der Waals surface area contributed by atoms with Gasteiger partial charge in [-0.2, -0.15) is 13.2 Å². The highest BCUT2D eigenvalue weighted by molar-refractivity contribution is 7.98. The first-order valence-electron chi connectivity index (χ1n) is 9.79. The van der Waals surface area contributed by atoms with Crippen molar-refractivity contribution in [1.82, 2.24) is 10.6 Å². The first-order chi connectivity index (χ1) is 13.9. The fourth-order valence-corrected chi connectivity index (χ4v) is 4.23. The summed E-state index contributed by atoms with van der Waals surface area (Å²) in [5, 5.41) is 5.88. The van der Waals surface area contributed by atoms with E-state index in [0.717, 1.165) is 36.7 Å². The van der Waals surface area contributed by atoms with Gasteiger partial charge >= 0.3 is 6.18 Å². The van der Waals surface area contributed by atoms with Crippen LogP contribution in [0, 0.1) is 5.41 Å². The van der Waals surface area contributed by atoms with E-state index in [1.165, 1.54) is 7.11 Å². The maximum Gasteiger partial charge on any atom is 0.416 e. The van der Waals surface area contributed by atoms with Crippen LogP contribution in [0.3, 0.4) is 0 Å². The van der Waals surface area contributed by atoms with Crippen molar-refractivity contribution in [2.45, 2.75) is 69.6 Å². The zero-order chi connectivity index (χ0) is 22.7. The summed E-state index contributed by atoms with van der Waals surface area (Å²) in [5.74, 6) is -0.713. The second-order valence-corrected chi connectivity index (χ2v) is 9.52. The number of alkyl halides is 3. The molecule has 0 bridgehead atoms. The van der Waals surface area contributed by atoms with Crippen molar-refractivity contribution in [3.63, 3.8) is 0 Å². The van der Waals surface area contributed by atoms with E-state index in [1.54, 1.807) is 6.26 Å². The highest BCUT2D eigenvalue weighted by atomic mass is 32.2. The molecule has 0 unspecified atom stereocenters. The lowest BCUT2D eigenvalue weighted by Gasteiger charge is -2.25. The quantitative estimate of drug-likeness (QED) is 0.625. The maximum absolute atomic E-state index is 13.2. The Morgan fingerprint density at radius 1 is 1.13 bits per heavy atom. The topological polar surface area (TPSA) is 67.4 Å². The Kier molecular flexibility index (Phi) is 7.71. The standard InChI is InChI=1S/C21H29F3N2O3S/c1-20(2,3)11-17(27)25-13-7-6-8-14(13)26-19(28)18-15(29-4)9-12(21(22,23)24)10-16(18)30-5/h9-10,13-14H,6-8,11H2,1-5H3,(H,25,27)(H,26,28)/t13-,14+/m0/s1. The molecule has 2 N–H and O–H groups in total. The number of hydrogen-bond donors (Lipinski definition) is 2. The molecular weight excluding hydrogens is 417 g/mol. The number of halogens is 3. The molecule has 168 valence electrons. The number of nitrogens with one attached hydrogen (secondary N) is 2. The van der Waals surface area contributed by atoms with Gasteiger partial charge in [0.25, 0.3) is 5.91 Å². The monoisotopic (exact) mass is 446 g/mol. The van der Waals surface area contributed by atoms with E-state index in [9.17, 15) is 22.8 Å². The van der Waals surface area contributed by atoms with Crippen LogP contribution in [0.1, 0.15) is 62.4 Å². The average Bonchev–Trinajstić information content (AvgIpc) is 3.04. The summed E-state index contributed by atoms with van der Waals surface area (Å²) in [4.78, 5) is 25.5. The minimum Gasteiger partial charge on any atom is -0.496 e. The molecule has 2 rings (SSSR count). The van der Waals surface area contributed by atoms with Crippen molar-refractivity contribution in [1.29, 1.82) is 0 Å². The van der Waals surface area contributed by atoms with Crippen LogP contribution in [-0.2, 0) is 11.0 Å². The lowest BCUT2D eigenvalue weighted by atomic mass is 9.92. The van der Waals surface area contributed by atoms with Gasteiger partial charge in [0, 0.05) is 23.4 Å². The van der Waals surface area contributed by atoms with Gasteiger partial charge in [0.2, 0.25) is 5.91 Å². The van der Waals surface area contributed by atoms with Crippen LogP contribution < -0.4 is 15.4 Å². The molecule has 0 radical (unpaired) electrons. The lowest BCUT2D eigenvalue weighted by Crippen LogP contribution is -2.49. The molecule has 0 saturated heterocycles. The molecule has 0 aliphatic heterocycles. The normalized spacial score (nSPS) is 19.5. The summed E-state index contributed by atoms with van der Waals surface area (Å²) in [5.41, 5.74) is -0.944. The minimum atomic E-state index is -4.54. The first-order valence-corrected chi connectivity index (χ1v) is 11.0. The summed E-state index contributed by atoms with van der Waals surface area (Å²) < 4.78 is 44.6. The smallest absolute Gasteiger partial charge is 0.416 e. The number of benzene rings is 1. The van der Waals surface area contributed by atoms with Gasteiger partial charge in [0.05, 0.1) is 18.2 Å². The van der Waals surface area contributed by atoms with Gasteiger partial charge < -0.3 is 15.4 Å². The number of hydrogen-bond acceptors (Lipinski definition) is 4. The van der Waals surface area contributed by atoms with Gasteiger partial charge in [0.15, 0.2) is 0 Å². The molecule has 1 aliphatic carbocycles. The summed E-state index contributed by atoms with van der Waals surface area (Å²) in [6, 6.07) is 1.30. The largest absolute Gasteiger partial charge is 0.496 e. The Balaban J connectivity index is 2.21. The van der Waals surface area contributed by atoms with Crippen molar-refractivity contribution in [2.75, 3.05) is 13.4 Å². The van der Waals surface area contributed by atoms with Crippen LogP contribution in [0.5, 0.6) is 5.75 Å². The van der Waals surface area contributed by atoms with Crippen LogP contribution in [0.15, 0.2) is 17.0 Å². The van der Waals surface area contributed by atoms with Crippen molar-refractivity contribution in [2.24, 2.45) is 5.41 Å². The molecule has 1 fully saturated rings. The third-order valence-electron chi connectivity index (χ3n) is 4.93. The summed E-state index contributed by atoms with van der Waals surface area (Å²) in [6.07, 6.45) is -0.306. The molecule has 2 atom stereocenters. The van der Waals surface area contributed by atoms with Gasteiger partial charge in [-0.15, -0.1) is 11.8 Å². The van der Waals surface area contributed by atoms with Crippen molar-refractivity contribution >= 4 is 23.6 Å². The molecule has 1 aromatic rings. The summed E-state index contributed by atoms with van der Waals surface area (Å²) in [6.45, 7) is 5.92. The Morgan fingerprint density at radius 2 is 1.73 bits per heavy atom. The van der Waals surface area contributed by atoms with Crippen LogP contribution >= 0.6 is 11.8 Å². The van der Waals surface area contributed by atoms with Crippen LogP contribution in [0.2, 0.25) is 0 Å². The summed E-state index contributed by atoms with van der Waals surface area (Å²) in [7, 11) is 1.24. The maximum atomic E-state index is 13.2. The van der Waals surface area contributed by atoms with Gasteiger partial charge in [-0.1, -0.05) is 20.8 Å². The Bertz CT molecular complexity index is 766. The number of amides is 2. The molecule has 1 aromatic carbocycles. The Hall–Kier alpha value is -1.90. The molecule has 9 heteroatoms. The lowest BCUT2D eigenvalue weighted by molar-refractivity contribution is -0.137. The number of thioether (sulfide) groups is 1. The van der Waals surface area contributed by atoms with Gasteiger partial charge in [-0.25, -0.2) is 0 Å². The number of carbonyl (C=O) groups excluding carboxylic acids is 2. The molecule has 30 heavy (non-hydrogen) atoms. The van der Waals surface area contributed by atoms with Crippen molar-refractivity contribution in [3.8, 4) is 5.75 Å². The zero-order valence-electron chi connectivity index (χ0n) is 17.9. The minimum absolute atomic E-state index is 0.0738. The number of rotatable bonds is 6. The highest BCUT2D eigenvalue weighted by Gasteiger charge is 2.35. The van der Waals surface area contributed by atoms with E-state index in [1.807, 2.05) is 20.8 Å². The zero-order valence-corrected chi connectivity index (χ0v) is 18.7. The number of ether oxygens (including phenoxy) is 1. The first kappa shape index (κ1) is 24.4. The third-order valence-corrected chi connectivity index (χ3v) is 5.69. The Labute approximate surface area is 179 Å². The van der Waals surface area contributed by atoms with Crippen LogP contribution in [0.25, 0.3) is 0 Å². The second-order valence-electron chi connectivity index (χ2n) is 8.68. The highest BCUT2D eigenvalue weighted by Crippen LogP contribution is 2.38. The van der Waals surface area contributed by atoms with Gasteiger partial charge in [0.1, 0.15) is 5.75 Å². The van der Waals surface area contributed by atoms with Gasteiger partial charge in [-0.3, -0.25) is 9.59 Å².